The van der Waals surface area contributed by atoms with Gasteiger partial charge < -0.3 is 4.74 Å². The van der Waals surface area contributed by atoms with E-state index in [2.05, 4.69) is 37.4 Å². The van der Waals surface area contributed by atoms with Crippen molar-refractivity contribution < 1.29 is 26.6 Å². The Hall–Kier alpha value is -1.66. The molecule has 2 aromatic carbocycles. The molecule has 0 aromatic heterocycles. The maximum atomic E-state index is 13.0. The average molecular weight is 508 g/mol. The van der Waals surface area contributed by atoms with Crippen molar-refractivity contribution in [3.05, 3.63) is 148 Å². The van der Waals surface area contributed by atoms with Crippen LogP contribution in [0.2, 0.25) is 0 Å². The molecule has 2 nitrogen and oxygen atoms in total. The fourth-order valence-corrected chi connectivity index (χ4v) is 5.91. The van der Waals surface area contributed by atoms with Crippen molar-refractivity contribution in [2.75, 3.05) is 0 Å². The van der Waals surface area contributed by atoms with Crippen molar-refractivity contribution in [2.24, 2.45) is 0 Å². The van der Waals surface area contributed by atoms with Crippen LogP contribution in [-0.2, 0) is 26.6 Å². The molecule has 2 aliphatic carbocycles. The quantitative estimate of drug-likeness (QED) is 0.201. The van der Waals surface area contributed by atoms with E-state index < -0.39 is 14.0 Å². The van der Waals surface area contributed by atoms with Crippen LogP contribution in [0.15, 0.2) is 85.0 Å². The van der Waals surface area contributed by atoms with Crippen molar-refractivity contribution >= 4 is 24.5 Å². The molecule has 2 fully saturated rings. The van der Waals surface area contributed by atoms with E-state index >= 15 is 0 Å². The summed E-state index contributed by atoms with van der Waals surface area (Å²) >= 11 is 0. The zero-order chi connectivity index (χ0) is 23.6. The molecular weight excluding hydrogens is 479 g/mol. The fraction of sp³-hybridized carbons (Fsp3) is 0.100. The number of carbonyl (C=O) groups excluding carboxylic acids is 1. The van der Waals surface area contributed by atoms with E-state index in [1.807, 2.05) is 102 Å². The summed E-state index contributed by atoms with van der Waals surface area (Å²) in [5.74, 6) is 0.265. The number of ether oxygens (including phenoxy) is 1. The summed E-state index contributed by atoms with van der Waals surface area (Å²) in [5.41, 5.74) is 2.53. The topological polar surface area (TPSA) is 26.3 Å². The van der Waals surface area contributed by atoms with E-state index in [1.54, 1.807) is 0 Å². The minimum Gasteiger partial charge on any atom is -0.453 e. The average Bonchev–Trinajstić information content (AvgIpc) is 3.54. The first-order valence-corrected chi connectivity index (χ1v) is 12.2. The van der Waals surface area contributed by atoms with Crippen molar-refractivity contribution in [3.63, 3.8) is 0 Å². The fourth-order valence-electron chi connectivity index (χ4n) is 3.47. The van der Waals surface area contributed by atoms with Crippen LogP contribution in [0.3, 0.4) is 0 Å². The Morgan fingerprint density at radius 1 is 0.735 bits per heavy atom. The predicted octanol–water partition coefficient (Wildman–Crippen LogP) is 5.94. The van der Waals surface area contributed by atoms with Gasteiger partial charge in [-0.3, -0.25) is 4.79 Å². The molecule has 2 saturated carbocycles. The third-order valence-corrected chi connectivity index (χ3v) is 7.46. The summed E-state index contributed by atoms with van der Waals surface area (Å²) in [5, 5.41) is 2.39. The number of hydrogen-bond donors (Lipinski definition) is 0. The molecule has 0 heterocycles. The SMILES string of the molecule is C=C(C)C(OC(=O)[C]1[CH][CH][CH][C]1P(c1ccccc1)c1ccccc1)C(=C)C.[CH]1[CH][CH][CH][CH]1.[Fe]. The third-order valence-electron chi connectivity index (χ3n) is 4.96. The second-order valence-electron chi connectivity index (χ2n) is 7.77. The van der Waals surface area contributed by atoms with Gasteiger partial charge in [-0.15, -0.1) is 0 Å². The Bertz CT molecular complexity index is 847. The van der Waals surface area contributed by atoms with Gasteiger partial charge in [0.05, 0.1) is 0 Å². The van der Waals surface area contributed by atoms with E-state index in [0.717, 1.165) is 16.8 Å². The van der Waals surface area contributed by atoms with Crippen LogP contribution in [0.4, 0.5) is 0 Å². The first-order chi connectivity index (χ1) is 16.0. The monoisotopic (exact) mass is 508 g/mol. The molecule has 2 aromatic rings. The van der Waals surface area contributed by atoms with Crippen LogP contribution in [-0.4, -0.2) is 12.1 Å². The van der Waals surface area contributed by atoms with Crippen LogP contribution in [0.1, 0.15) is 13.8 Å². The van der Waals surface area contributed by atoms with Crippen LogP contribution in [0, 0.1) is 62.9 Å². The molecule has 2 aliphatic rings. The largest absolute Gasteiger partial charge is 0.453 e. The number of benzene rings is 2. The molecule has 0 aliphatic heterocycles. The zero-order valence-electron chi connectivity index (χ0n) is 19.5. The summed E-state index contributed by atoms with van der Waals surface area (Å²) < 4.78 is 5.75. The van der Waals surface area contributed by atoms with Crippen molar-refractivity contribution in [1.29, 1.82) is 0 Å². The normalized spacial score (nSPS) is 16.0. The predicted molar refractivity (Wildman–Crippen MR) is 139 cm³/mol. The molecule has 4 heteroatoms. The zero-order valence-corrected chi connectivity index (χ0v) is 21.5. The maximum absolute atomic E-state index is 13.0. The standard InChI is InChI=1S/C25H24O2P.C5H5.Fe/c1-18(2)24(19(3)4)27-25(26)22-16-11-17-23(22)28(20-12-7-5-8-13-20)21-14-9-6-10-15-21;1-2-4-5-3-1;/h5-17,24H,1,3H2,2,4H3;1-5H;. The van der Waals surface area contributed by atoms with Crippen LogP contribution in [0.25, 0.3) is 0 Å². The number of carbonyl (C=O) groups is 1. The Morgan fingerprint density at radius 2 is 1.18 bits per heavy atom. The summed E-state index contributed by atoms with van der Waals surface area (Å²) in [7, 11) is -0.864. The second kappa shape index (κ2) is 14.7. The Morgan fingerprint density at radius 3 is 1.59 bits per heavy atom. The third kappa shape index (κ3) is 7.94. The maximum Gasteiger partial charge on any atom is 0.315 e. The van der Waals surface area contributed by atoms with Crippen LogP contribution in [0.5, 0.6) is 0 Å². The molecule has 0 unspecified atom stereocenters. The van der Waals surface area contributed by atoms with Gasteiger partial charge in [0, 0.05) is 22.7 Å². The van der Waals surface area contributed by atoms with Gasteiger partial charge in [0.25, 0.3) is 0 Å². The summed E-state index contributed by atoms with van der Waals surface area (Å²) in [4.78, 5) is 13.0. The Kier molecular flexibility index (Phi) is 12.3. The minimum atomic E-state index is -0.864. The number of hydrogen-bond acceptors (Lipinski definition) is 2. The molecule has 174 valence electrons. The smallest absolute Gasteiger partial charge is 0.315 e. The molecular formula is C30H29FeO2P. The van der Waals surface area contributed by atoms with E-state index in [9.17, 15) is 4.79 Å². The molecule has 0 N–H and O–H groups in total. The molecule has 10 radical (unpaired) electrons. The van der Waals surface area contributed by atoms with Gasteiger partial charge in [0.1, 0.15) is 12.0 Å². The summed E-state index contributed by atoms with van der Waals surface area (Å²) in [6.45, 7) is 11.6. The summed E-state index contributed by atoms with van der Waals surface area (Å²) in [6, 6.07) is 20.6. The van der Waals surface area contributed by atoms with Crippen molar-refractivity contribution in [2.45, 2.75) is 20.0 Å². The Balaban J connectivity index is 0.000000603. The van der Waals surface area contributed by atoms with Crippen molar-refractivity contribution in [1.82, 2.24) is 0 Å². The van der Waals surface area contributed by atoms with Crippen LogP contribution < -0.4 is 10.6 Å². The van der Waals surface area contributed by atoms with Gasteiger partial charge in [-0.25, -0.2) is 0 Å². The van der Waals surface area contributed by atoms with Gasteiger partial charge in [-0.1, -0.05) is 73.8 Å². The summed E-state index contributed by atoms with van der Waals surface area (Å²) in [6.07, 6.45) is 15.3. The first kappa shape index (κ1) is 28.6. The minimum absolute atomic E-state index is 0. The number of rotatable bonds is 7. The van der Waals surface area contributed by atoms with Gasteiger partial charge in [-0.2, -0.15) is 0 Å². The van der Waals surface area contributed by atoms with Crippen molar-refractivity contribution in [3.8, 4) is 0 Å². The van der Waals surface area contributed by atoms with Gasteiger partial charge in [-0.05, 0) is 94.9 Å². The van der Waals surface area contributed by atoms with E-state index in [0.29, 0.717) is 5.92 Å². The Labute approximate surface area is 218 Å². The molecule has 0 amide bonds. The van der Waals surface area contributed by atoms with Gasteiger partial charge in [0.15, 0.2) is 0 Å². The first-order valence-electron chi connectivity index (χ1n) is 10.8. The molecule has 0 spiro atoms. The molecule has 0 bridgehead atoms. The second-order valence-corrected chi connectivity index (χ2v) is 9.96. The molecule has 4 rings (SSSR count). The number of esters is 1. The molecule has 0 saturated heterocycles. The van der Waals surface area contributed by atoms with Gasteiger partial charge >= 0.3 is 5.97 Å². The molecule has 34 heavy (non-hydrogen) atoms. The van der Waals surface area contributed by atoms with Gasteiger partial charge in [0.2, 0.25) is 0 Å². The van der Waals surface area contributed by atoms with E-state index in [1.165, 1.54) is 10.6 Å². The van der Waals surface area contributed by atoms with E-state index in [-0.39, 0.29) is 23.0 Å². The molecule has 0 atom stereocenters. The van der Waals surface area contributed by atoms with E-state index in [4.69, 9.17) is 4.74 Å². The van der Waals surface area contributed by atoms with Crippen LogP contribution >= 0.6 is 7.92 Å².